The maximum absolute atomic E-state index is 13.4. The zero-order valence-corrected chi connectivity index (χ0v) is 13.0. The van der Waals surface area contributed by atoms with Crippen molar-refractivity contribution in [1.82, 2.24) is 0 Å². The topological polar surface area (TPSA) is 55.2 Å². The number of halogens is 2. The van der Waals surface area contributed by atoms with Crippen LogP contribution < -0.4 is 5.32 Å². The third-order valence-electron chi connectivity index (χ3n) is 3.98. The smallest absolute Gasteiger partial charge is 0.295 e. The fourth-order valence-electron chi connectivity index (χ4n) is 2.80. The van der Waals surface area contributed by atoms with Crippen LogP contribution in [-0.4, -0.2) is 11.0 Å². The summed E-state index contributed by atoms with van der Waals surface area (Å²) in [4.78, 5) is 10.5. The van der Waals surface area contributed by atoms with Crippen LogP contribution in [0.3, 0.4) is 0 Å². The van der Waals surface area contributed by atoms with Gasteiger partial charge in [-0.2, -0.15) is 0 Å². The van der Waals surface area contributed by atoms with Gasteiger partial charge in [0.2, 0.25) is 0 Å². The maximum Gasteiger partial charge on any atom is 0.295 e. The van der Waals surface area contributed by atoms with Crippen LogP contribution in [0.25, 0.3) is 0 Å². The second-order valence-corrected chi connectivity index (χ2v) is 6.23. The van der Waals surface area contributed by atoms with Crippen molar-refractivity contribution in [2.75, 3.05) is 5.32 Å². The summed E-state index contributed by atoms with van der Waals surface area (Å²) in [6, 6.07) is 2.55. The first kappa shape index (κ1) is 15.2. The molecule has 20 heavy (non-hydrogen) atoms. The zero-order valence-electron chi connectivity index (χ0n) is 11.4. The van der Waals surface area contributed by atoms with Gasteiger partial charge in [-0.25, -0.2) is 4.39 Å². The molecule has 110 valence electrons. The Morgan fingerprint density at radius 2 is 2.05 bits per heavy atom. The molecule has 0 saturated heterocycles. The summed E-state index contributed by atoms with van der Waals surface area (Å²) >= 11 is 3.08. The first-order chi connectivity index (χ1) is 9.49. The van der Waals surface area contributed by atoms with Gasteiger partial charge in [-0.15, -0.1) is 0 Å². The van der Waals surface area contributed by atoms with E-state index in [-0.39, 0.29) is 16.2 Å². The summed E-state index contributed by atoms with van der Waals surface area (Å²) in [6.45, 7) is 2.04. The van der Waals surface area contributed by atoms with Crippen LogP contribution in [0.1, 0.15) is 39.0 Å². The van der Waals surface area contributed by atoms with E-state index in [1.807, 2.05) is 6.92 Å². The Morgan fingerprint density at radius 1 is 1.40 bits per heavy atom. The van der Waals surface area contributed by atoms with Gasteiger partial charge in [0.15, 0.2) is 0 Å². The number of nitro benzene ring substituents is 1. The highest BCUT2D eigenvalue weighted by atomic mass is 79.9. The lowest BCUT2D eigenvalue weighted by atomic mass is 9.84. The molecule has 1 saturated carbocycles. The summed E-state index contributed by atoms with van der Waals surface area (Å²) in [7, 11) is 0. The summed E-state index contributed by atoms with van der Waals surface area (Å²) in [5, 5.41) is 14.2. The van der Waals surface area contributed by atoms with Crippen LogP contribution >= 0.6 is 15.9 Å². The largest absolute Gasteiger partial charge is 0.377 e. The van der Waals surface area contributed by atoms with Crippen molar-refractivity contribution in [3.63, 3.8) is 0 Å². The van der Waals surface area contributed by atoms with Crippen LogP contribution in [0.4, 0.5) is 15.8 Å². The molecule has 0 bridgehead atoms. The lowest BCUT2D eigenvalue weighted by Gasteiger charge is -2.28. The highest BCUT2D eigenvalue weighted by Gasteiger charge is 2.24. The Morgan fingerprint density at radius 3 is 2.65 bits per heavy atom. The van der Waals surface area contributed by atoms with Crippen LogP contribution in [-0.2, 0) is 0 Å². The predicted molar refractivity (Wildman–Crippen MR) is 80.4 cm³/mol. The van der Waals surface area contributed by atoms with E-state index in [2.05, 4.69) is 21.2 Å². The molecule has 0 radical (unpaired) electrons. The van der Waals surface area contributed by atoms with Crippen molar-refractivity contribution >= 4 is 27.3 Å². The average molecular weight is 345 g/mol. The lowest BCUT2D eigenvalue weighted by Crippen LogP contribution is -2.28. The molecule has 4 nitrogen and oxygen atoms in total. The van der Waals surface area contributed by atoms with E-state index >= 15 is 0 Å². The van der Waals surface area contributed by atoms with Crippen molar-refractivity contribution in [3.8, 4) is 0 Å². The first-order valence-electron chi connectivity index (χ1n) is 6.89. The van der Waals surface area contributed by atoms with Gasteiger partial charge in [0.25, 0.3) is 5.69 Å². The molecule has 0 amide bonds. The van der Waals surface area contributed by atoms with Gasteiger partial charge in [-0.3, -0.25) is 10.1 Å². The average Bonchev–Trinajstić information content (AvgIpc) is 2.43. The maximum atomic E-state index is 13.4. The van der Waals surface area contributed by atoms with Crippen molar-refractivity contribution in [1.29, 1.82) is 0 Å². The van der Waals surface area contributed by atoms with Crippen molar-refractivity contribution < 1.29 is 9.31 Å². The van der Waals surface area contributed by atoms with Crippen LogP contribution in [0.2, 0.25) is 0 Å². The van der Waals surface area contributed by atoms with E-state index in [1.54, 1.807) is 0 Å². The third kappa shape index (κ3) is 3.48. The fourth-order valence-corrected chi connectivity index (χ4v) is 3.14. The Hall–Kier alpha value is -1.17. The summed E-state index contributed by atoms with van der Waals surface area (Å²) < 4.78 is 13.7. The van der Waals surface area contributed by atoms with Crippen molar-refractivity contribution in [3.05, 3.63) is 32.5 Å². The Kier molecular flexibility index (Phi) is 4.96. The van der Waals surface area contributed by atoms with E-state index in [1.165, 1.54) is 25.3 Å². The quantitative estimate of drug-likeness (QED) is 0.625. The molecule has 0 aliphatic heterocycles. The minimum absolute atomic E-state index is 0.145. The monoisotopic (exact) mass is 344 g/mol. The number of benzene rings is 1. The number of nitrogens with one attached hydrogen (secondary N) is 1. The summed E-state index contributed by atoms with van der Waals surface area (Å²) in [5.74, 6) is -0.0975. The first-order valence-corrected chi connectivity index (χ1v) is 7.68. The van der Waals surface area contributed by atoms with Gasteiger partial charge in [-0.05, 0) is 47.7 Å². The standard InChI is InChI=1S/C14H18BrFN2O2/c1-9(10-5-3-2-4-6-10)17-13-7-11(15)12(16)8-14(13)18(19)20/h7-10,17H,2-6H2,1H3. The second kappa shape index (κ2) is 6.52. The third-order valence-corrected chi connectivity index (χ3v) is 4.58. The Bertz CT molecular complexity index is 504. The number of rotatable bonds is 4. The molecule has 1 aliphatic rings. The number of hydrogen-bond acceptors (Lipinski definition) is 3. The number of anilines is 1. The molecule has 1 aliphatic carbocycles. The number of nitrogens with zero attached hydrogens (tertiary/aromatic N) is 1. The van der Waals surface area contributed by atoms with Crippen LogP contribution in [0.15, 0.2) is 16.6 Å². The van der Waals surface area contributed by atoms with E-state index in [4.69, 9.17) is 0 Å². The number of nitro groups is 1. The summed E-state index contributed by atoms with van der Waals surface area (Å²) in [5.41, 5.74) is 0.162. The van der Waals surface area contributed by atoms with Crippen LogP contribution in [0, 0.1) is 21.8 Å². The van der Waals surface area contributed by atoms with E-state index < -0.39 is 10.7 Å². The van der Waals surface area contributed by atoms with Gasteiger partial charge in [0.05, 0.1) is 15.5 Å². The predicted octanol–water partition coefficient (Wildman–Crippen LogP) is 4.88. The van der Waals surface area contributed by atoms with Gasteiger partial charge < -0.3 is 5.32 Å². The molecule has 6 heteroatoms. The highest BCUT2D eigenvalue weighted by Crippen LogP contribution is 2.33. The minimum atomic E-state index is -0.618. The zero-order chi connectivity index (χ0) is 14.7. The molecular weight excluding hydrogens is 327 g/mol. The summed E-state index contributed by atoms with van der Waals surface area (Å²) in [6.07, 6.45) is 5.98. The fraction of sp³-hybridized carbons (Fsp3) is 0.571. The van der Waals surface area contributed by atoms with Gasteiger partial charge in [-0.1, -0.05) is 19.3 Å². The van der Waals surface area contributed by atoms with Gasteiger partial charge in [0.1, 0.15) is 11.5 Å². The molecule has 1 N–H and O–H groups in total. The van der Waals surface area contributed by atoms with Crippen LogP contribution in [0.5, 0.6) is 0 Å². The molecule has 1 aromatic carbocycles. The molecule has 1 aromatic rings. The molecule has 0 spiro atoms. The van der Waals surface area contributed by atoms with Crippen molar-refractivity contribution in [2.24, 2.45) is 5.92 Å². The van der Waals surface area contributed by atoms with Gasteiger partial charge in [0, 0.05) is 6.04 Å². The van der Waals surface area contributed by atoms with Gasteiger partial charge >= 0.3 is 0 Å². The number of hydrogen-bond donors (Lipinski definition) is 1. The minimum Gasteiger partial charge on any atom is -0.377 e. The van der Waals surface area contributed by atoms with E-state index in [0.717, 1.165) is 18.9 Å². The van der Waals surface area contributed by atoms with E-state index in [9.17, 15) is 14.5 Å². The Balaban J connectivity index is 2.19. The molecule has 1 unspecified atom stereocenters. The second-order valence-electron chi connectivity index (χ2n) is 5.37. The highest BCUT2D eigenvalue weighted by molar-refractivity contribution is 9.10. The van der Waals surface area contributed by atoms with Crippen molar-refractivity contribution in [2.45, 2.75) is 45.1 Å². The molecule has 2 rings (SSSR count). The van der Waals surface area contributed by atoms with E-state index in [0.29, 0.717) is 11.6 Å². The normalized spacial score (nSPS) is 17.8. The Labute approximate surface area is 126 Å². The SMILES string of the molecule is CC(Nc1cc(Br)c(F)cc1[N+](=O)[O-])C1CCCCC1. The molecule has 0 heterocycles. The molecule has 0 aromatic heterocycles. The molecule has 1 fully saturated rings. The lowest BCUT2D eigenvalue weighted by molar-refractivity contribution is -0.384. The molecule has 1 atom stereocenters. The molecular formula is C14H18BrFN2O2.